The van der Waals surface area contributed by atoms with Gasteiger partial charge in [0.25, 0.3) is 5.91 Å². The lowest BCUT2D eigenvalue weighted by Gasteiger charge is -2.20. The first-order valence-electron chi connectivity index (χ1n) is 6.58. The zero-order valence-corrected chi connectivity index (χ0v) is 11.3. The van der Waals surface area contributed by atoms with Crippen molar-refractivity contribution in [1.29, 1.82) is 0 Å². The number of carbonyl (C=O) groups excluding carboxylic acids is 1. The van der Waals surface area contributed by atoms with Crippen LogP contribution >= 0.6 is 11.6 Å². The van der Waals surface area contributed by atoms with Gasteiger partial charge in [0.05, 0.1) is 5.38 Å². The summed E-state index contributed by atoms with van der Waals surface area (Å²) < 4.78 is 10.9. The molecule has 1 fully saturated rings. The van der Waals surface area contributed by atoms with E-state index in [9.17, 15) is 4.79 Å². The normalized spacial score (nSPS) is 25.1. The van der Waals surface area contributed by atoms with Gasteiger partial charge < -0.3 is 14.8 Å². The van der Waals surface area contributed by atoms with Gasteiger partial charge in [-0.1, -0.05) is 0 Å². The number of carbonyl (C=O) groups is 1. The number of ether oxygens (including phenoxy) is 2. The minimum absolute atomic E-state index is 0.0427. The van der Waals surface area contributed by atoms with Crippen molar-refractivity contribution in [3.8, 4) is 11.5 Å². The fourth-order valence-electron chi connectivity index (χ4n) is 2.51. The van der Waals surface area contributed by atoms with Crippen LogP contribution in [-0.2, 0) is 0 Å². The van der Waals surface area contributed by atoms with Crippen LogP contribution in [0.15, 0.2) is 18.2 Å². The molecule has 1 aromatic rings. The van der Waals surface area contributed by atoms with Gasteiger partial charge in [-0.05, 0) is 37.5 Å². The highest BCUT2D eigenvalue weighted by Crippen LogP contribution is 2.31. The zero-order valence-electron chi connectivity index (χ0n) is 10.5. The highest BCUT2D eigenvalue weighted by Gasteiger charge is 2.27. The van der Waals surface area contributed by atoms with Crippen LogP contribution in [0, 0.1) is 0 Å². The molecule has 1 aliphatic carbocycles. The monoisotopic (exact) mass is 281 g/mol. The highest BCUT2D eigenvalue weighted by atomic mass is 35.5. The van der Waals surface area contributed by atoms with Gasteiger partial charge in [-0.2, -0.15) is 0 Å². The average Bonchev–Trinajstić information content (AvgIpc) is 2.84. The fraction of sp³-hybridized carbons (Fsp3) is 0.500. The Bertz CT molecular complexity index is 492. The van der Waals surface area contributed by atoms with Crippen molar-refractivity contribution in [2.45, 2.75) is 30.7 Å². The van der Waals surface area contributed by atoms with E-state index < -0.39 is 0 Å². The van der Waals surface area contributed by atoms with Gasteiger partial charge in [0, 0.05) is 11.6 Å². The third-order valence-corrected chi connectivity index (χ3v) is 4.07. The maximum absolute atomic E-state index is 12.2. The van der Waals surface area contributed by atoms with Crippen LogP contribution in [-0.4, -0.2) is 30.5 Å². The lowest BCUT2D eigenvalue weighted by atomic mass is 10.1. The molecule has 1 amide bonds. The molecule has 0 saturated heterocycles. The van der Waals surface area contributed by atoms with Gasteiger partial charge in [0.2, 0.25) is 0 Å². The van der Waals surface area contributed by atoms with Crippen molar-refractivity contribution >= 4 is 17.5 Å². The Morgan fingerprint density at radius 2 is 2.00 bits per heavy atom. The third-order valence-electron chi connectivity index (χ3n) is 3.55. The first-order valence-corrected chi connectivity index (χ1v) is 7.02. The molecule has 5 heteroatoms. The van der Waals surface area contributed by atoms with E-state index in [-0.39, 0.29) is 17.3 Å². The molecule has 0 radical (unpaired) electrons. The van der Waals surface area contributed by atoms with Gasteiger partial charge >= 0.3 is 0 Å². The van der Waals surface area contributed by atoms with E-state index in [1.807, 2.05) is 0 Å². The van der Waals surface area contributed by atoms with E-state index in [0.29, 0.717) is 30.3 Å². The predicted molar refractivity (Wildman–Crippen MR) is 72.2 cm³/mol. The number of rotatable bonds is 2. The van der Waals surface area contributed by atoms with Crippen molar-refractivity contribution in [3.63, 3.8) is 0 Å². The Labute approximate surface area is 117 Å². The molecule has 1 saturated carbocycles. The molecule has 19 heavy (non-hydrogen) atoms. The maximum atomic E-state index is 12.2. The van der Waals surface area contributed by atoms with E-state index in [1.165, 1.54) is 0 Å². The first-order chi connectivity index (χ1) is 9.24. The molecule has 1 heterocycles. The second-order valence-electron chi connectivity index (χ2n) is 4.89. The van der Waals surface area contributed by atoms with Crippen LogP contribution in [0.3, 0.4) is 0 Å². The molecule has 3 rings (SSSR count). The van der Waals surface area contributed by atoms with Crippen molar-refractivity contribution in [2.24, 2.45) is 0 Å². The van der Waals surface area contributed by atoms with Crippen LogP contribution in [0.2, 0.25) is 0 Å². The summed E-state index contributed by atoms with van der Waals surface area (Å²) in [6.45, 7) is 1.07. The van der Waals surface area contributed by atoms with E-state index in [4.69, 9.17) is 21.1 Å². The van der Waals surface area contributed by atoms with E-state index in [0.717, 1.165) is 19.3 Å². The van der Waals surface area contributed by atoms with Crippen molar-refractivity contribution < 1.29 is 14.3 Å². The maximum Gasteiger partial charge on any atom is 0.251 e. The topological polar surface area (TPSA) is 47.6 Å². The Kier molecular flexibility index (Phi) is 3.51. The Balaban J connectivity index is 1.72. The largest absolute Gasteiger partial charge is 0.486 e. The molecule has 4 nitrogen and oxygen atoms in total. The van der Waals surface area contributed by atoms with Gasteiger partial charge in [-0.15, -0.1) is 11.6 Å². The molecule has 2 unspecified atom stereocenters. The van der Waals surface area contributed by atoms with Crippen LogP contribution in [0.4, 0.5) is 0 Å². The summed E-state index contributed by atoms with van der Waals surface area (Å²) >= 11 is 6.17. The molecular weight excluding hydrogens is 266 g/mol. The Hall–Kier alpha value is -1.42. The molecule has 1 N–H and O–H groups in total. The summed E-state index contributed by atoms with van der Waals surface area (Å²) in [7, 11) is 0. The number of hydrogen-bond acceptors (Lipinski definition) is 3. The molecule has 0 spiro atoms. The van der Waals surface area contributed by atoms with Crippen molar-refractivity contribution in [3.05, 3.63) is 23.8 Å². The van der Waals surface area contributed by atoms with E-state index in [1.54, 1.807) is 18.2 Å². The number of hydrogen-bond donors (Lipinski definition) is 1. The quantitative estimate of drug-likeness (QED) is 0.847. The molecule has 1 aromatic carbocycles. The van der Waals surface area contributed by atoms with E-state index in [2.05, 4.69) is 5.32 Å². The van der Waals surface area contributed by atoms with Gasteiger partial charge in [-0.25, -0.2) is 0 Å². The number of fused-ring (bicyclic) bond motifs is 1. The predicted octanol–water partition coefficient (Wildman–Crippen LogP) is 2.35. The summed E-state index contributed by atoms with van der Waals surface area (Å²) in [5.41, 5.74) is 0.583. The second-order valence-corrected chi connectivity index (χ2v) is 5.45. The lowest BCUT2D eigenvalue weighted by molar-refractivity contribution is 0.0937. The molecule has 0 bridgehead atoms. The molecule has 102 valence electrons. The van der Waals surface area contributed by atoms with Crippen LogP contribution in [0.1, 0.15) is 29.6 Å². The summed E-state index contributed by atoms with van der Waals surface area (Å²) in [5, 5.41) is 3.03. The highest BCUT2D eigenvalue weighted by molar-refractivity contribution is 6.21. The second kappa shape index (κ2) is 5.29. The summed E-state index contributed by atoms with van der Waals surface area (Å²) in [6, 6.07) is 5.32. The van der Waals surface area contributed by atoms with Crippen LogP contribution in [0.25, 0.3) is 0 Å². The fourth-order valence-corrected chi connectivity index (χ4v) is 2.86. The molecule has 1 aliphatic heterocycles. The van der Waals surface area contributed by atoms with Crippen molar-refractivity contribution in [2.75, 3.05) is 13.2 Å². The first kappa shape index (κ1) is 12.6. The minimum Gasteiger partial charge on any atom is -0.486 e. The van der Waals surface area contributed by atoms with Gasteiger partial charge in [0.1, 0.15) is 13.2 Å². The average molecular weight is 282 g/mol. The Morgan fingerprint density at radius 1 is 1.21 bits per heavy atom. The smallest absolute Gasteiger partial charge is 0.251 e. The molecule has 2 aliphatic rings. The SMILES string of the molecule is O=C(NC1CCCC1Cl)c1ccc2c(c1)OCCO2. The minimum atomic E-state index is -0.102. The lowest BCUT2D eigenvalue weighted by Crippen LogP contribution is -2.37. The number of halogens is 1. The van der Waals surface area contributed by atoms with Crippen LogP contribution in [0.5, 0.6) is 11.5 Å². The zero-order chi connectivity index (χ0) is 13.2. The van der Waals surface area contributed by atoms with E-state index >= 15 is 0 Å². The molecule has 0 aromatic heterocycles. The van der Waals surface area contributed by atoms with Crippen molar-refractivity contribution in [1.82, 2.24) is 5.32 Å². The van der Waals surface area contributed by atoms with Crippen LogP contribution < -0.4 is 14.8 Å². The summed E-state index contributed by atoms with van der Waals surface area (Å²) in [4.78, 5) is 12.2. The van der Waals surface area contributed by atoms with Gasteiger partial charge in [0.15, 0.2) is 11.5 Å². The number of nitrogens with one attached hydrogen (secondary N) is 1. The van der Waals surface area contributed by atoms with Gasteiger partial charge in [-0.3, -0.25) is 4.79 Å². The third kappa shape index (κ3) is 2.63. The summed E-state index contributed by atoms with van der Waals surface area (Å²) in [5.74, 6) is 1.22. The molecular formula is C14H16ClNO3. The Morgan fingerprint density at radius 3 is 2.74 bits per heavy atom. The number of alkyl halides is 1. The molecule has 2 atom stereocenters. The standard InChI is InChI=1S/C14H16ClNO3/c15-10-2-1-3-11(10)16-14(17)9-4-5-12-13(8-9)19-7-6-18-12/h4-5,8,10-11H,1-3,6-7H2,(H,16,17). The number of amides is 1. The summed E-state index contributed by atoms with van der Waals surface area (Å²) in [6.07, 6.45) is 2.98. The number of benzene rings is 1.